The van der Waals surface area contributed by atoms with E-state index >= 15 is 0 Å². The third-order valence-electron chi connectivity index (χ3n) is 2.17. The first-order valence-electron chi connectivity index (χ1n) is 5.77. The minimum absolute atomic E-state index is 0.573. The van der Waals surface area contributed by atoms with Crippen molar-refractivity contribution >= 4 is 6.09 Å². The third-order valence-corrected chi connectivity index (χ3v) is 2.17. The van der Waals surface area contributed by atoms with Crippen LogP contribution in [0.4, 0.5) is 4.79 Å². The Kier molecular flexibility index (Phi) is 4.33. The van der Waals surface area contributed by atoms with E-state index in [4.69, 9.17) is 10.00 Å². The van der Waals surface area contributed by atoms with Crippen molar-refractivity contribution in [3.63, 3.8) is 0 Å². The van der Waals surface area contributed by atoms with E-state index in [1.54, 1.807) is 26.8 Å². The Morgan fingerprint density at radius 2 is 2.11 bits per heavy atom. The summed E-state index contributed by atoms with van der Waals surface area (Å²) in [5.41, 5.74) is 1.22. The summed E-state index contributed by atoms with van der Waals surface area (Å²) in [7, 11) is 0. The van der Waals surface area contributed by atoms with Crippen LogP contribution in [0.1, 0.15) is 37.9 Å². The first-order valence-corrected chi connectivity index (χ1v) is 5.77. The SMILES string of the molecule is Cc1cccc(C(C#N)NC(=O)OC(C)(C)C)c1. The van der Waals surface area contributed by atoms with Gasteiger partial charge in [-0.2, -0.15) is 5.26 Å². The summed E-state index contributed by atoms with van der Waals surface area (Å²) < 4.78 is 5.12. The molecule has 4 nitrogen and oxygen atoms in total. The molecule has 0 bridgehead atoms. The molecule has 0 aliphatic carbocycles. The smallest absolute Gasteiger partial charge is 0.408 e. The van der Waals surface area contributed by atoms with E-state index in [1.807, 2.05) is 25.1 Å². The summed E-state index contributed by atoms with van der Waals surface area (Å²) in [5.74, 6) is 0. The number of nitrogens with one attached hydrogen (secondary N) is 1. The highest BCUT2D eigenvalue weighted by Crippen LogP contribution is 2.15. The number of ether oxygens (including phenoxy) is 1. The van der Waals surface area contributed by atoms with Gasteiger partial charge in [-0.15, -0.1) is 0 Å². The Bertz CT molecular complexity index is 469. The number of carbonyl (C=O) groups is 1. The van der Waals surface area contributed by atoms with E-state index in [9.17, 15) is 4.79 Å². The average molecular weight is 246 g/mol. The summed E-state index contributed by atoms with van der Waals surface area (Å²) in [6.07, 6.45) is -0.587. The fourth-order valence-corrected chi connectivity index (χ4v) is 1.47. The van der Waals surface area contributed by atoms with Gasteiger partial charge in [0.25, 0.3) is 0 Å². The van der Waals surface area contributed by atoms with Gasteiger partial charge in [-0.05, 0) is 33.3 Å². The number of alkyl carbamates (subject to hydrolysis) is 1. The second-order valence-corrected chi connectivity index (χ2v) is 5.12. The first kappa shape index (κ1) is 14.0. The van der Waals surface area contributed by atoms with Gasteiger partial charge in [0, 0.05) is 0 Å². The Morgan fingerprint density at radius 1 is 1.44 bits per heavy atom. The highest BCUT2D eigenvalue weighted by atomic mass is 16.6. The molecule has 0 spiro atoms. The predicted octanol–water partition coefficient (Wildman–Crippen LogP) is 3.08. The van der Waals surface area contributed by atoms with Crippen molar-refractivity contribution < 1.29 is 9.53 Å². The molecule has 18 heavy (non-hydrogen) atoms. The molecule has 0 heterocycles. The number of aryl methyl sites for hydroxylation is 1. The fraction of sp³-hybridized carbons (Fsp3) is 0.429. The second kappa shape index (κ2) is 5.54. The summed E-state index contributed by atoms with van der Waals surface area (Å²) in [6.45, 7) is 7.27. The molecular weight excluding hydrogens is 228 g/mol. The van der Waals surface area contributed by atoms with Gasteiger partial charge >= 0.3 is 6.09 Å². The number of nitriles is 1. The minimum Gasteiger partial charge on any atom is -0.444 e. The lowest BCUT2D eigenvalue weighted by Crippen LogP contribution is -2.34. The molecule has 0 radical (unpaired) electrons. The maximum atomic E-state index is 11.6. The Labute approximate surface area is 108 Å². The van der Waals surface area contributed by atoms with Crippen molar-refractivity contribution in [2.75, 3.05) is 0 Å². The van der Waals surface area contributed by atoms with Crippen molar-refractivity contribution in [2.45, 2.75) is 39.3 Å². The first-order chi connectivity index (χ1) is 8.31. The predicted molar refractivity (Wildman–Crippen MR) is 68.9 cm³/mol. The number of carbonyl (C=O) groups excluding carboxylic acids is 1. The van der Waals surface area contributed by atoms with Gasteiger partial charge in [0.05, 0.1) is 6.07 Å². The molecule has 96 valence electrons. The van der Waals surface area contributed by atoms with Crippen LogP contribution >= 0.6 is 0 Å². The molecule has 1 aromatic rings. The van der Waals surface area contributed by atoms with Crippen molar-refractivity contribution in [3.8, 4) is 6.07 Å². The number of nitrogens with zero attached hydrogens (tertiary/aromatic N) is 1. The zero-order valence-electron chi connectivity index (χ0n) is 11.2. The van der Waals surface area contributed by atoms with E-state index in [0.717, 1.165) is 11.1 Å². The largest absolute Gasteiger partial charge is 0.444 e. The molecule has 0 aliphatic heterocycles. The Hall–Kier alpha value is -2.02. The highest BCUT2D eigenvalue weighted by Gasteiger charge is 2.20. The second-order valence-electron chi connectivity index (χ2n) is 5.12. The molecule has 1 rings (SSSR count). The maximum Gasteiger partial charge on any atom is 0.408 e. The van der Waals surface area contributed by atoms with Crippen LogP contribution < -0.4 is 5.32 Å². The number of hydrogen-bond acceptors (Lipinski definition) is 3. The van der Waals surface area contributed by atoms with Crippen LogP contribution in [0.3, 0.4) is 0 Å². The van der Waals surface area contributed by atoms with Crippen molar-refractivity contribution in [1.29, 1.82) is 5.26 Å². The molecule has 1 atom stereocenters. The number of benzene rings is 1. The van der Waals surface area contributed by atoms with Gasteiger partial charge in [0.2, 0.25) is 0 Å². The standard InChI is InChI=1S/C14H18N2O2/c1-10-6-5-7-11(8-10)12(9-15)16-13(17)18-14(2,3)4/h5-8,12H,1-4H3,(H,16,17). The third kappa shape index (κ3) is 4.46. The summed E-state index contributed by atoms with van der Waals surface area (Å²) in [6, 6.07) is 8.81. The van der Waals surface area contributed by atoms with Crippen molar-refractivity contribution in [1.82, 2.24) is 5.32 Å². The molecule has 0 fully saturated rings. The molecule has 1 aromatic carbocycles. The number of rotatable bonds is 2. The van der Waals surface area contributed by atoms with E-state index in [-0.39, 0.29) is 0 Å². The molecule has 0 saturated heterocycles. The molecule has 4 heteroatoms. The van der Waals surface area contributed by atoms with Crippen LogP contribution in [0.15, 0.2) is 24.3 Å². The Balaban J connectivity index is 2.75. The topological polar surface area (TPSA) is 62.1 Å². The van der Waals surface area contributed by atoms with Crippen LogP contribution in [0, 0.1) is 18.3 Å². The Morgan fingerprint density at radius 3 is 2.61 bits per heavy atom. The lowest BCUT2D eigenvalue weighted by molar-refractivity contribution is 0.0515. The fourth-order valence-electron chi connectivity index (χ4n) is 1.47. The number of hydrogen-bond donors (Lipinski definition) is 1. The molecule has 0 aromatic heterocycles. The van der Waals surface area contributed by atoms with Gasteiger partial charge in [-0.1, -0.05) is 29.8 Å². The van der Waals surface area contributed by atoms with Crippen molar-refractivity contribution in [3.05, 3.63) is 35.4 Å². The molecular formula is C14H18N2O2. The maximum absolute atomic E-state index is 11.6. The van der Waals surface area contributed by atoms with E-state index in [1.165, 1.54) is 0 Å². The van der Waals surface area contributed by atoms with E-state index in [2.05, 4.69) is 11.4 Å². The van der Waals surface area contributed by atoms with Crippen LogP contribution in [-0.2, 0) is 4.74 Å². The zero-order chi connectivity index (χ0) is 13.8. The summed E-state index contributed by atoms with van der Waals surface area (Å²) >= 11 is 0. The lowest BCUT2D eigenvalue weighted by atomic mass is 10.1. The number of amides is 1. The van der Waals surface area contributed by atoms with Crippen LogP contribution in [0.2, 0.25) is 0 Å². The molecule has 0 saturated carbocycles. The zero-order valence-corrected chi connectivity index (χ0v) is 11.2. The van der Waals surface area contributed by atoms with E-state index in [0.29, 0.717) is 0 Å². The normalized spacial score (nSPS) is 12.4. The molecule has 1 N–H and O–H groups in total. The van der Waals surface area contributed by atoms with E-state index < -0.39 is 17.7 Å². The van der Waals surface area contributed by atoms with Crippen LogP contribution in [0.25, 0.3) is 0 Å². The van der Waals surface area contributed by atoms with Crippen LogP contribution in [-0.4, -0.2) is 11.7 Å². The van der Waals surface area contributed by atoms with Gasteiger partial charge in [0.15, 0.2) is 0 Å². The molecule has 1 unspecified atom stereocenters. The molecule has 1 amide bonds. The van der Waals surface area contributed by atoms with Crippen LogP contribution in [0.5, 0.6) is 0 Å². The van der Waals surface area contributed by atoms with Gasteiger partial charge < -0.3 is 10.1 Å². The van der Waals surface area contributed by atoms with Gasteiger partial charge in [-0.3, -0.25) is 0 Å². The summed E-state index contributed by atoms with van der Waals surface area (Å²) in [5, 5.41) is 11.6. The minimum atomic E-state index is -0.695. The van der Waals surface area contributed by atoms with Crippen molar-refractivity contribution in [2.24, 2.45) is 0 Å². The van der Waals surface area contributed by atoms with Gasteiger partial charge in [-0.25, -0.2) is 4.79 Å². The lowest BCUT2D eigenvalue weighted by Gasteiger charge is -2.21. The highest BCUT2D eigenvalue weighted by molar-refractivity contribution is 5.69. The summed E-state index contributed by atoms with van der Waals surface area (Å²) in [4.78, 5) is 11.6. The quantitative estimate of drug-likeness (QED) is 0.872. The molecule has 0 aliphatic rings. The van der Waals surface area contributed by atoms with Gasteiger partial charge in [0.1, 0.15) is 11.6 Å². The average Bonchev–Trinajstić information content (AvgIpc) is 2.23. The monoisotopic (exact) mass is 246 g/mol.